The Morgan fingerprint density at radius 3 is 2.46 bits per heavy atom. The van der Waals surface area contributed by atoms with E-state index in [4.69, 9.17) is 26.4 Å². The minimum atomic E-state index is -0.914. The fraction of sp³-hybridized carbons (Fsp3) is 0.259. The van der Waals surface area contributed by atoms with Crippen molar-refractivity contribution in [3.8, 4) is 17.2 Å². The van der Waals surface area contributed by atoms with Crippen molar-refractivity contribution in [2.75, 3.05) is 19.1 Å². The molecule has 2 aliphatic heterocycles. The summed E-state index contributed by atoms with van der Waals surface area (Å²) in [5, 5.41) is 0.295. The van der Waals surface area contributed by atoms with E-state index in [2.05, 4.69) is 0 Å². The number of methoxy groups -OCH3 is 2. The second-order valence-electron chi connectivity index (χ2n) is 8.72. The third-order valence-electron chi connectivity index (χ3n) is 6.55. The Labute approximate surface area is 208 Å². The first-order valence-corrected chi connectivity index (χ1v) is 11.7. The molecular weight excluding hydrogens is 467 g/mol. The molecule has 0 saturated carbocycles. The van der Waals surface area contributed by atoms with Crippen molar-refractivity contribution in [1.29, 1.82) is 0 Å². The fourth-order valence-electron chi connectivity index (χ4n) is 4.96. The first-order valence-electron chi connectivity index (χ1n) is 11.3. The highest BCUT2D eigenvalue weighted by atomic mass is 32.1. The summed E-state index contributed by atoms with van der Waals surface area (Å²) in [6.07, 6.45) is 0.567. The lowest BCUT2D eigenvalue weighted by Gasteiger charge is -2.55. The van der Waals surface area contributed by atoms with Gasteiger partial charge in [-0.2, -0.15) is 0 Å². The first-order chi connectivity index (χ1) is 16.9. The van der Waals surface area contributed by atoms with E-state index in [0.717, 1.165) is 11.1 Å². The SMILES string of the molecule is COc1ccccc1CC(=O)N1C(=S)N(c2ccc(F)cc2)[C@]2(C)C[C@H]1c1cccc(OC)c1O2. The van der Waals surface area contributed by atoms with Crippen LogP contribution in [-0.4, -0.2) is 35.9 Å². The molecule has 35 heavy (non-hydrogen) atoms. The van der Waals surface area contributed by atoms with Crippen LogP contribution in [0.2, 0.25) is 0 Å². The second kappa shape index (κ2) is 8.85. The van der Waals surface area contributed by atoms with Crippen LogP contribution in [0.15, 0.2) is 66.7 Å². The molecule has 1 fully saturated rings. The Hall–Kier alpha value is -3.65. The van der Waals surface area contributed by atoms with Crippen molar-refractivity contribution in [3.05, 3.63) is 83.7 Å². The number of thiocarbonyl (C=S) groups is 1. The lowest BCUT2D eigenvalue weighted by Crippen LogP contribution is -2.67. The molecule has 3 aromatic carbocycles. The molecule has 0 unspecified atom stereocenters. The molecule has 180 valence electrons. The summed E-state index contributed by atoms with van der Waals surface area (Å²) in [6.45, 7) is 1.92. The van der Waals surface area contributed by atoms with E-state index in [1.165, 1.54) is 12.1 Å². The van der Waals surface area contributed by atoms with E-state index in [1.54, 1.807) is 36.2 Å². The predicted molar refractivity (Wildman–Crippen MR) is 134 cm³/mol. The fourth-order valence-corrected chi connectivity index (χ4v) is 5.48. The highest BCUT2D eigenvalue weighted by Gasteiger charge is 2.54. The molecular formula is C27H25FN2O4S. The number of fused-ring (bicyclic) bond motifs is 4. The van der Waals surface area contributed by atoms with E-state index in [9.17, 15) is 9.18 Å². The maximum absolute atomic E-state index is 13.9. The molecule has 3 aromatic rings. The first kappa shape index (κ1) is 23.1. The molecule has 0 spiro atoms. The summed E-state index contributed by atoms with van der Waals surface area (Å²) < 4.78 is 31.3. The van der Waals surface area contributed by atoms with E-state index < -0.39 is 5.72 Å². The lowest BCUT2D eigenvalue weighted by molar-refractivity contribution is -0.131. The number of carbonyl (C=O) groups is 1. The van der Waals surface area contributed by atoms with Gasteiger partial charge in [0.2, 0.25) is 5.91 Å². The molecule has 2 atom stereocenters. The molecule has 5 rings (SSSR count). The van der Waals surface area contributed by atoms with Gasteiger partial charge in [-0.05, 0) is 55.5 Å². The molecule has 2 heterocycles. The summed E-state index contributed by atoms with van der Waals surface area (Å²) in [4.78, 5) is 17.3. The Kier molecular flexibility index (Phi) is 5.84. The number of halogens is 1. The number of anilines is 1. The molecule has 1 amide bonds. The zero-order chi connectivity index (χ0) is 24.7. The van der Waals surface area contributed by atoms with Crippen LogP contribution in [-0.2, 0) is 11.2 Å². The van der Waals surface area contributed by atoms with Gasteiger partial charge in [-0.15, -0.1) is 0 Å². The maximum Gasteiger partial charge on any atom is 0.233 e. The van der Waals surface area contributed by atoms with Crippen molar-refractivity contribution < 1.29 is 23.4 Å². The van der Waals surface area contributed by atoms with Crippen molar-refractivity contribution in [1.82, 2.24) is 4.90 Å². The number of nitrogens with zero attached hydrogens (tertiary/aromatic N) is 2. The third kappa shape index (κ3) is 3.87. The minimum Gasteiger partial charge on any atom is -0.496 e. The summed E-state index contributed by atoms with van der Waals surface area (Å²) in [7, 11) is 3.16. The Bertz CT molecular complexity index is 1300. The highest BCUT2D eigenvalue weighted by molar-refractivity contribution is 7.80. The van der Waals surface area contributed by atoms with Crippen LogP contribution in [0.25, 0.3) is 0 Å². The van der Waals surface area contributed by atoms with Crippen LogP contribution in [0.4, 0.5) is 10.1 Å². The van der Waals surface area contributed by atoms with Crippen LogP contribution in [0.1, 0.15) is 30.5 Å². The van der Waals surface area contributed by atoms with Crippen molar-refractivity contribution >= 4 is 28.9 Å². The molecule has 2 bridgehead atoms. The normalized spacial score (nSPS) is 20.7. The Balaban J connectivity index is 1.63. The Morgan fingerprint density at radius 1 is 1.06 bits per heavy atom. The van der Waals surface area contributed by atoms with Gasteiger partial charge in [0.05, 0.1) is 26.7 Å². The number of ether oxygens (including phenoxy) is 3. The zero-order valence-corrected chi connectivity index (χ0v) is 20.5. The van der Waals surface area contributed by atoms with Crippen LogP contribution < -0.4 is 19.1 Å². The van der Waals surface area contributed by atoms with Crippen molar-refractivity contribution in [2.24, 2.45) is 0 Å². The Morgan fingerprint density at radius 2 is 1.74 bits per heavy atom. The summed E-state index contributed by atoms with van der Waals surface area (Å²) in [6, 6.07) is 18.7. The molecule has 6 nitrogen and oxygen atoms in total. The van der Waals surface area contributed by atoms with E-state index in [0.29, 0.717) is 34.5 Å². The quantitative estimate of drug-likeness (QED) is 0.453. The summed E-state index contributed by atoms with van der Waals surface area (Å²) in [5.41, 5.74) is 1.31. The molecule has 0 aliphatic carbocycles. The zero-order valence-electron chi connectivity index (χ0n) is 19.7. The number of benzene rings is 3. The lowest BCUT2D eigenvalue weighted by atomic mass is 9.88. The molecule has 0 N–H and O–H groups in total. The number of hydrogen-bond donors (Lipinski definition) is 0. The standard InChI is InChI=1S/C27H25FN2O4S/c1-27-16-21(20-8-6-10-23(33-3)25(20)34-27)29(24(31)15-17-7-4-5-9-22(17)32-2)26(35)30(27)19-13-11-18(28)12-14-19/h4-14,21H,15-16H2,1-3H3/t21-,27-/m0/s1. The number of hydrogen-bond acceptors (Lipinski definition) is 5. The third-order valence-corrected chi connectivity index (χ3v) is 6.93. The maximum atomic E-state index is 13.9. The van der Waals surface area contributed by atoms with Gasteiger partial charge in [-0.1, -0.05) is 30.3 Å². The van der Waals surface area contributed by atoms with Gasteiger partial charge in [0.1, 0.15) is 11.6 Å². The largest absolute Gasteiger partial charge is 0.496 e. The molecule has 0 aromatic heterocycles. The van der Waals surface area contributed by atoms with Gasteiger partial charge >= 0.3 is 0 Å². The molecule has 8 heteroatoms. The van der Waals surface area contributed by atoms with Gasteiger partial charge in [0.15, 0.2) is 22.3 Å². The smallest absolute Gasteiger partial charge is 0.233 e. The van der Waals surface area contributed by atoms with Crippen LogP contribution in [0.5, 0.6) is 17.2 Å². The van der Waals surface area contributed by atoms with E-state index in [-0.39, 0.29) is 24.2 Å². The van der Waals surface area contributed by atoms with Gasteiger partial charge in [0, 0.05) is 23.2 Å². The topological polar surface area (TPSA) is 51.2 Å². The van der Waals surface area contributed by atoms with Gasteiger partial charge in [0.25, 0.3) is 0 Å². The number of carbonyl (C=O) groups excluding carboxylic acids is 1. The van der Waals surface area contributed by atoms with Crippen molar-refractivity contribution in [2.45, 2.75) is 31.5 Å². The monoisotopic (exact) mass is 492 g/mol. The minimum absolute atomic E-state index is 0.106. The number of amides is 1. The molecule has 2 aliphatic rings. The van der Waals surface area contributed by atoms with Crippen LogP contribution >= 0.6 is 12.2 Å². The average Bonchev–Trinajstić information content (AvgIpc) is 2.85. The van der Waals surface area contributed by atoms with Crippen LogP contribution in [0, 0.1) is 5.82 Å². The predicted octanol–water partition coefficient (Wildman–Crippen LogP) is 5.26. The van der Waals surface area contributed by atoms with E-state index in [1.807, 2.05) is 49.4 Å². The van der Waals surface area contributed by atoms with Gasteiger partial charge < -0.3 is 14.2 Å². The van der Waals surface area contributed by atoms with Gasteiger partial charge in [-0.3, -0.25) is 14.6 Å². The highest BCUT2D eigenvalue weighted by Crippen LogP contribution is 2.52. The van der Waals surface area contributed by atoms with Gasteiger partial charge in [-0.25, -0.2) is 4.39 Å². The average molecular weight is 493 g/mol. The summed E-state index contributed by atoms with van der Waals surface area (Å²) >= 11 is 5.93. The number of para-hydroxylation sites is 2. The number of rotatable bonds is 5. The van der Waals surface area contributed by atoms with Crippen molar-refractivity contribution in [3.63, 3.8) is 0 Å². The molecule has 0 radical (unpaired) electrons. The van der Waals surface area contributed by atoms with Crippen LogP contribution in [0.3, 0.4) is 0 Å². The second-order valence-corrected chi connectivity index (χ2v) is 9.09. The molecule has 1 saturated heterocycles. The van der Waals surface area contributed by atoms with E-state index >= 15 is 0 Å². The summed E-state index contributed by atoms with van der Waals surface area (Å²) in [5.74, 6) is 1.24.